The summed E-state index contributed by atoms with van der Waals surface area (Å²) in [6.07, 6.45) is 6.76. The number of methoxy groups -OCH3 is 1. The first-order valence-corrected chi connectivity index (χ1v) is 8.42. The van der Waals surface area contributed by atoms with Crippen LogP contribution in [-0.4, -0.2) is 33.8 Å². The highest BCUT2D eigenvalue weighted by molar-refractivity contribution is 5.95. The standard InChI is InChI=1S/C20H20N4O3/c1-20(14-18(25)27-2,16-8-11-21-12-9-16)23-19(26)15-4-6-17(7-5-15)24-13-3-10-22-24/h3-13H,14H2,1-2H3,(H,23,26)/t20-/m0/s1. The number of hydrogen-bond acceptors (Lipinski definition) is 5. The Hall–Kier alpha value is -3.48. The third kappa shape index (κ3) is 4.20. The third-order valence-corrected chi connectivity index (χ3v) is 4.33. The Morgan fingerprint density at radius 1 is 1.11 bits per heavy atom. The number of hydrogen-bond donors (Lipinski definition) is 1. The fourth-order valence-electron chi connectivity index (χ4n) is 2.81. The molecule has 3 aromatic rings. The zero-order chi connectivity index (χ0) is 19.3. The van der Waals surface area contributed by atoms with Gasteiger partial charge in [0.25, 0.3) is 5.91 Å². The molecule has 1 N–H and O–H groups in total. The lowest BCUT2D eigenvalue weighted by molar-refractivity contribution is -0.142. The van der Waals surface area contributed by atoms with E-state index in [9.17, 15) is 9.59 Å². The predicted octanol–water partition coefficient (Wildman–Crippen LogP) is 2.48. The van der Waals surface area contributed by atoms with E-state index in [0.717, 1.165) is 11.3 Å². The summed E-state index contributed by atoms with van der Waals surface area (Å²) in [5.41, 5.74) is 1.18. The highest BCUT2D eigenvalue weighted by Crippen LogP contribution is 2.25. The first-order chi connectivity index (χ1) is 13.0. The summed E-state index contributed by atoms with van der Waals surface area (Å²) in [4.78, 5) is 28.7. The molecule has 2 aromatic heterocycles. The summed E-state index contributed by atoms with van der Waals surface area (Å²) in [5.74, 6) is -0.700. The number of nitrogens with one attached hydrogen (secondary N) is 1. The first-order valence-electron chi connectivity index (χ1n) is 8.42. The van der Waals surface area contributed by atoms with E-state index in [1.54, 1.807) is 54.5 Å². The number of pyridine rings is 1. The van der Waals surface area contributed by atoms with E-state index >= 15 is 0 Å². The first kappa shape index (κ1) is 18.3. The molecule has 0 aliphatic heterocycles. The van der Waals surface area contributed by atoms with Gasteiger partial charge in [-0.1, -0.05) is 0 Å². The van der Waals surface area contributed by atoms with Crippen molar-refractivity contribution in [3.05, 3.63) is 78.4 Å². The van der Waals surface area contributed by atoms with E-state index in [0.29, 0.717) is 5.56 Å². The molecule has 0 fully saturated rings. The molecular weight excluding hydrogens is 344 g/mol. The molecule has 2 heterocycles. The van der Waals surface area contributed by atoms with Crippen LogP contribution in [0.1, 0.15) is 29.3 Å². The monoisotopic (exact) mass is 364 g/mol. The van der Waals surface area contributed by atoms with Crippen molar-refractivity contribution in [1.82, 2.24) is 20.1 Å². The Morgan fingerprint density at radius 3 is 2.41 bits per heavy atom. The number of aromatic nitrogens is 3. The summed E-state index contributed by atoms with van der Waals surface area (Å²) in [7, 11) is 1.32. The smallest absolute Gasteiger partial charge is 0.308 e. The molecule has 0 radical (unpaired) electrons. The minimum Gasteiger partial charge on any atom is -0.469 e. The van der Waals surface area contributed by atoms with Crippen LogP contribution in [0.5, 0.6) is 0 Å². The lowest BCUT2D eigenvalue weighted by Crippen LogP contribution is -2.45. The van der Waals surface area contributed by atoms with Gasteiger partial charge in [-0.3, -0.25) is 14.6 Å². The van der Waals surface area contributed by atoms with Gasteiger partial charge in [0.05, 0.1) is 24.8 Å². The fourth-order valence-corrected chi connectivity index (χ4v) is 2.81. The van der Waals surface area contributed by atoms with Crippen molar-refractivity contribution in [3.8, 4) is 5.69 Å². The van der Waals surface area contributed by atoms with E-state index in [2.05, 4.69) is 15.4 Å². The van der Waals surface area contributed by atoms with Crippen LogP contribution in [0, 0.1) is 0 Å². The van der Waals surface area contributed by atoms with Gasteiger partial charge in [-0.15, -0.1) is 0 Å². The molecule has 0 aliphatic carbocycles. The van der Waals surface area contributed by atoms with Crippen LogP contribution >= 0.6 is 0 Å². The van der Waals surface area contributed by atoms with E-state index in [-0.39, 0.29) is 12.3 Å². The van der Waals surface area contributed by atoms with Gasteiger partial charge in [0.15, 0.2) is 0 Å². The number of rotatable bonds is 6. The Labute approximate surface area is 157 Å². The molecule has 27 heavy (non-hydrogen) atoms. The number of esters is 1. The number of amides is 1. The zero-order valence-corrected chi connectivity index (χ0v) is 15.1. The van der Waals surface area contributed by atoms with Crippen molar-refractivity contribution in [1.29, 1.82) is 0 Å². The average Bonchev–Trinajstić information content (AvgIpc) is 3.23. The average molecular weight is 364 g/mol. The number of ether oxygens (including phenoxy) is 1. The minimum absolute atomic E-state index is 0.00459. The van der Waals surface area contributed by atoms with Gasteiger partial charge in [0.1, 0.15) is 0 Å². The molecule has 1 amide bonds. The second kappa shape index (κ2) is 7.82. The van der Waals surface area contributed by atoms with Crippen LogP contribution in [-0.2, 0) is 15.1 Å². The maximum atomic E-state index is 12.8. The fraction of sp³-hybridized carbons (Fsp3) is 0.200. The maximum absolute atomic E-state index is 12.8. The normalized spacial score (nSPS) is 12.8. The molecule has 1 atom stereocenters. The van der Waals surface area contributed by atoms with Crippen molar-refractivity contribution < 1.29 is 14.3 Å². The molecule has 7 nitrogen and oxygen atoms in total. The Balaban J connectivity index is 1.83. The van der Waals surface area contributed by atoms with Crippen molar-refractivity contribution in [2.24, 2.45) is 0 Å². The summed E-state index contributed by atoms with van der Waals surface area (Å²) in [6, 6.07) is 12.4. The molecule has 3 rings (SSSR count). The molecule has 0 aliphatic rings. The highest BCUT2D eigenvalue weighted by atomic mass is 16.5. The number of carbonyl (C=O) groups excluding carboxylic acids is 2. The van der Waals surface area contributed by atoms with Gasteiger partial charge in [-0.2, -0.15) is 5.10 Å². The van der Waals surface area contributed by atoms with Crippen LogP contribution in [0.25, 0.3) is 5.69 Å². The van der Waals surface area contributed by atoms with Crippen LogP contribution in [0.2, 0.25) is 0 Å². The van der Waals surface area contributed by atoms with Gasteiger partial charge in [0.2, 0.25) is 0 Å². The highest BCUT2D eigenvalue weighted by Gasteiger charge is 2.32. The van der Waals surface area contributed by atoms with Crippen molar-refractivity contribution in [3.63, 3.8) is 0 Å². The van der Waals surface area contributed by atoms with Gasteiger partial charge in [0, 0.05) is 30.4 Å². The molecule has 0 bridgehead atoms. The largest absolute Gasteiger partial charge is 0.469 e. The van der Waals surface area contributed by atoms with Crippen molar-refractivity contribution >= 4 is 11.9 Å². The lowest BCUT2D eigenvalue weighted by Gasteiger charge is -2.30. The number of carbonyl (C=O) groups is 2. The van der Waals surface area contributed by atoms with Crippen LogP contribution in [0.4, 0.5) is 0 Å². The second-order valence-corrected chi connectivity index (χ2v) is 6.27. The van der Waals surface area contributed by atoms with Crippen LogP contribution in [0.3, 0.4) is 0 Å². The van der Waals surface area contributed by atoms with Gasteiger partial charge in [-0.05, 0) is 55.0 Å². The van der Waals surface area contributed by atoms with Crippen LogP contribution < -0.4 is 5.32 Å². The molecule has 0 unspecified atom stereocenters. The minimum atomic E-state index is -0.923. The molecule has 138 valence electrons. The molecule has 0 saturated carbocycles. The SMILES string of the molecule is COC(=O)C[C@](C)(NC(=O)c1ccc(-n2cccn2)cc1)c1ccncc1. The van der Waals surface area contributed by atoms with Crippen LogP contribution in [0.15, 0.2) is 67.3 Å². The quantitative estimate of drug-likeness (QED) is 0.679. The van der Waals surface area contributed by atoms with E-state index in [1.807, 2.05) is 24.4 Å². The van der Waals surface area contributed by atoms with E-state index < -0.39 is 11.5 Å². The molecule has 1 aromatic carbocycles. The van der Waals surface area contributed by atoms with Gasteiger partial charge >= 0.3 is 5.97 Å². The summed E-state index contributed by atoms with van der Waals surface area (Å²) >= 11 is 0. The molecular formula is C20H20N4O3. The third-order valence-electron chi connectivity index (χ3n) is 4.33. The Kier molecular flexibility index (Phi) is 5.30. The second-order valence-electron chi connectivity index (χ2n) is 6.27. The predicted molar refractivity (Wildman–Crippen MR) is 99.3 cm³/mol. The molecule has 7 heteroatoms. The molecule has 0 saturated heterocycles. The van der Waals surface area contributed by atoms with Gasteiger partial charge in [-0.25, -0.2) is 4.68 Å². The number of benzene rings is 1. The molecule has 0 spiro atoms. The van der Waals surface area contributed by atoms with Crippen molar-refractivity contribution in [2.45, 2.75) is 18.9 Å². The summed E-state index contributed by atoms with van der Waals surface area (Å²) < 4.78 is 6.50. The van der Waals surface area contributed by atoms with Crippen molar-refractivity contribution in [2.75, 3.05) is 7.11 Å². The van der Waals surface area contributed by atoms with Gasteiger partial charge < -0.3 is 10.1 Å². The van der Waals surface area contributed by atoms with E-state index in [1.165, 1.54) is 7.11 Å². The zero-order valence-electron chi connectivity index (χ0n) is 15.1. The number of nitrogens with zero attached hydrogens (tertiary/aromatic N) is 3. The summed E-state index contributed by atoms with van der Waals surface area (Å²) in [6.45, 7) is 1.79. The maximum Gasteiger partial charge on any atom is 0.308 e. The topological polar surface area (TPSA) is 86.1 Å². The summed E-state index contributed by atoms with van der Waals surface area (Å²) in [5, 5.41) is 7.12. The van der Waals surface area contributed by atoms with E-state index in [4.69, 9.17) is 4.74 Å². The Bertz CT molecular complexity index is 908. The Morgan fingerprint density at radius 2 is 1.81 bits per heavy atom. The lowest BCUT2D eigenvalue weighted by atomic mass is 9.88.